The molecule has 2 aromatic heterocycles. The lowest BCUT2D eigenvalue weighted by Gasteiger charge is -2.35. The minimum absolute atomic E-state index is 0.138. The normalized spacial score (nSPS) is 23.8. The van der Waals surface area contributed by atoms with Crippen molar-refractivity contribution in [2.45, 2.75) is 44.1 Å². The van der Waals surface area contributed by atoms with E-state index in [1.165, 1.54) is 0 Å². The third kappa shape index (κ3) is 4.27. The number of rotatable bonds is 5. The number of likely N-dealkylation sites (tertiary alicyclic amines) is 1. The van der Waals surface area contributed by atoms with Crippen LogP contribution in [0.5, 0.6) is 5.75 Å². The Morgan fingerprint density at radius 2 is 1.84 bits per heavy atom. The molecule has 3 aliphatic heterocycles. The second kappa shape index (κ2) is 9.16. The first kappa shape index (κ1) is 24.0. The van der Waals surface area contributed by atoms with Crippen molar-refractivity contribution < 1.29 is 24.1 Å². The van der Waals surface area contributed by atoms with Gasteiger partial charge in [-0.2, -0.15) is 4.89 Å². The molecule has 4 aliphatic rings. The SMILES string of the molecule is CC(C)COC(=O)N1CCN(c2ccc(C3(C(=O)N4CC[C@@]5(C4)OOc4cnccc45)CC3)cn2)CC1. The van der Waals surface area contributed by atoms with E-state index in [2.05, 4.69) is 9.88 Å². The van der Waals surface area contributed by atoms with Crippen LogP contribution in [-0.4, -0.2) is 77.6 Å². The molecule has 5 heterocycles. The molecular weight excluding hydrogens is 474 g/mol. The van der Waals surface area contributed by atoms with Gasteiger partial charge in [-0.1, -0.05) is 19.9 Å². The third-order valence-corrected chi connectivity index (χ3v) is 7.95. The largest absolute Gasteiger partial charge is 0.449 e. The lowest BCUT2D eigenvalue weighted by molar-refractivity contribution is -0.268. The topological polar surface area (TPSA) is 97.3 Å². The number of amides is 2. The van der Waals surface area contributed by atoms with Crippen LogP contribution in [-0.2, 0) is 25.4 Å². The van der Waals surface area contributed by atoms with Gasteiger partial charge in [-0.3, -0.25) is 9.78 Å². The molecule has 2 aromatic rings. The van der Waals surface area contributed by atoms with E-state index in [-0.39, 0.29) is 12.0 Å². The number of nitrogens with zero attached hydrogens (tertiary/aromatic N) is 5. The van der Waals surface area contributed by atoms with Crippen LogP contribution in [0.25, 0.3) is 0 Å². The summed E-state index contributed by atoms with van der Waals surface area (Å²) in [6.45, 7) is 8.18. The maximum atomic E-state index is 13.7. The van der Waals surface area contributed by atoms with Crippen LogP contribution in [0.2, 0.25) is 0 Å². The van der Waals surface area contributed by atoms with Gasteiger partial charge in [-0.25, -0.2) is 9.78 Å². The number of aromatic nitrogens is 2. The van der Waals surface area contributed by atoms with Gasteiger partial charge in [0.15, 0.2) is 11.4 Å². The van der Waals surface area contributed by atoms with E-state index in [4.69, 9.17) is 19.5 Å². The quantitative estimate of drug-likeness (QED) is 0.570. The van der Waals surface area contributed by atoms with Crippen LogP contribution in [0, 0.1) is 5.92 Å². The second-order valence-corrected chi connectivity index (χ2v) is 10.9. The zero-order chi connectivity index (χ0) is 25.6. The minimum atomic E-state index is -0.616. The summed E-state index contributed by atoms with van der Waals surface area (Å²) in [6, 6.07) is 5.96. The van der Waals surface area contributed by atoms with Crippen LogP contribution in [0.4, 0.5) is 10.6 Å². The first-order chi connectivity index (χ1) is 17.9. The predicted octanol–water partition coefficient (Wildman–Crippen LogP) is 2.87. The van der Waals surface area contributed by atoms with Crippen molar-refractivity contribution in [3.63, 3.8) is 0 Å². The number of carbonyl (C=O) groups is 2. The maximum absolute atomic E-state index is 13.7. The first-order valence-corrected chi connectivity index (χ1v) is 13.1. The molecule has 10 heteroatoms. The van der Waals surface area contributed by atoms with Crippen LogP contribution in [0.3, 0.4) is 0 Å². The Hall–Kier alpha value is -3.40. The fourth-order valence-electron chi connectivity index (χ4n) is 5.59. The van der Waals surface area contributed by atoms with Gasteiger partial charge in [0.05, 0.1) is 24.8 Å². The van der Waals surface area contributed by atoms with E-state index in [0.717, 1.165) is 29.8 Å². The third-order valence-electron chi connectivity index (χ3n) is 7.95. The zero-order valence-electron chi connectivity index (χ0n) is 21.4. The van der Waals surface area contributed by atoms with Gasteiger partial charge in [-0.05, 0) is 36.5 Å². The summed E-state index contributed by atoms with van der Waals surface area (Å²) in [4.78, 5) is 51.7. The number of pyridine rings is 2. The average molecular weight is 508 g/mol. The first-order valence-electron chi connectivity index (χ1n) is 13.1. The molecule has 2 amide bonds. The Labute approximate surface area is 216 Å². The van der Waals surface area contributed by atoms with Gasteiger partial charge >= 0.3 is 6.09 Å². The molecule has 0 radical (unpaired) electrons. The Morgan fingerprint density at radius 3 is 2.54 bits per heavy atom. The number of anilines is 1. The van der Waals surface area contributed by atoms with E-state index in [1.807, 2.05) is 43.1 Å². The van der Waals surface area contributed by atoms with Crippen molar-refractivity contribution in [3.8, 4) is 5.75 Å². The van der Waals surface area contributed by atoms with Crippen molar-refractivity contribution in [2.24, 2.45) is 5.92 Å². The van der Waals surface area contributed by atoms with E-state index in [1.54, 1.807) is 17.3 Å². The van der Waals surface area contributed by atoms with Gasteiger partial charge in [-0.15, -0.1) is 0 Å². The molecule has 2 saturated heterocycles. The van der Waals surface area contributed by atoms with Gasteiger partial charge < -0.3 is 24.3 Å². The predicted molar refractivity (Wildman–Crippen MR) is 134 cm³/mol. The highest BCUT2D eigenvalue weighted by molar-refractivity contribution is 5.91. The summed E-state index contributed by atoms with van der Waals surface area (Å²) < 4.78 is 5.36. The van der Waals surface area contributed by atoms with Crippen LogP contribution >= 0.6 is 0 Å². The number of hydrogen-bond acceptors (Lipinski definition) is 8. The molecule has 0 bridgehead atoms. The second-order valence-electron chi connectivity index (χ2n) is 10.9. The van der Waals surface area contributed by atoms with Crippen molar-refractivity contribution in [3.05, 3.63) is 47.9 Å². The molecule has 1 saturated carbocycles. The fourth-order valence-corrected chi connectivity index (χ4v) is 5.59. The lowest BCUT2D eigenvalue weighted by atomic mass is 9.93. The van der Waals surface area contributed by atoms with Crippen LogP contribution in [0.1, 0.15) is 44.2 Å². The molecule has 0 unspecified atom stereocenters. The van der Waals surface area contributed by atoms with E-state index < -0.39 is 11.0 Å². The molecule has 0 N–H and O–H groups in total. The molecule has 3 fully saturated rings. The van der Waals surface area contributed by atoms with E-state index >= 15 is 0 Å². The Balaban J connectivity index is 1.08. The molecule has 6 rings (SSSR count). The number of piperazine rings is 1. The smallest absolute Gasteiger partial charge is 0.409 e. The summed E-state index contributed by atoms with van der Waals surface area (Å²) in [5, 5.41) is 0. The van der Waals surface area contributed by atoms with Crippen molar-refractivity contribution >= 4 is 17.8 Å². The van der Waals surface area contributed by atoms with E-state index in [0.29, 0.717) is 64.0 Å². The highest BCUT2D eigenvalue weighted by Gasteiger charge is 2.57. The van der Waals surface area contributed by atoms with Crippen LogP contribution in [0.15, 0.2) is 36.8 Å². The lowest BCUT2D eigenvalue weighted by Crippen LogP contribution is -2.49. The van der Waals surface area contributed by atoms with Crippen LogP contribution < -0.4 is 9.79 Å². The molecule has 1 atom stereocenters. The minimum Gasteiger partial charge on any atom is -0.449 e. The number of carbonyl (C=O) groups excluding carboxylic acids is 2. The van der Waals surface area contributed by atoms with Crippen molar-refractivity contribution in [1.29, 1.82) is 0 Å². The van der Waals surface area contributed by atoms with Crippen molar-refractivity contribution in [1.82, 2.24) is 19.8 Å². The molecule has 1 aliphatic carbocycles. The molecule has 0 aromatic carbocycles. The highest BCUT2D eigenvalue weighted by Crippen LogP contribution is 2.52. The maximum Gasteiger partial charge on any atom is 0.409 e. The number of fused-ring (bicyclic) bond motifs is 2. The summed E-state index contributed by atoms with van der Waals surface area (Å²) >= 11 is 0. The Kier molecular flexibility index (Phi) is 5.94. The van der Waals surface area contributed by atoms with Crippen molar-refractivity contribution in [2.75, 3.05) is 50.8 Å². The Bertz CT molecular complexity index is 1180. The molecule has 196 valence electrons. The standard InChI is InChI=1S/C27H33N5O5/c1-19(2)17-35-25(34)31-13-11-30(12-14-31)23-4-3-20(15-29-23)26(6-7-26)24(33)32-10-8-27(18-32)21-5-9-28-16-22(21)36-37-27/h3-5,9,15-16,19H,6-8,10-14,17-18H2,1-2H3/t27-/m0/s1. The Morgan fingerprint density at radius 1 is 1.03 bits per heavy atom. The summed E-state index contributed by atoms with van der Waals surface area (Å²) in [5.41, 5.74) is 0.805. The average Bonchev–Trinajstić information content (AvgIpc) is 3.51. The summed E-state index contributed by atoms with van der Waals surface area (Å²) in [6.07, 6.45) is 7.34. The van der Waals surface area contributed by atoms with E-state index in [9.17, 15) is 9.59 Å². The fraction of sp³-hybridized carbons (Fsp3) is 0.556. The van der Waals surface area contributed by atoms with Gasteiger partial charge in [0.1, 0.15) is 5.82 Å². The summed E-state index contributed by atoms with van der Waals surface area (Å²) in [7, 11) is 0. The number of ether oxygens (including phenoxy) is 1. The molecule has 37 heavy (non-hydrogen) atoms. The monoisotopic (exact) mass is 507 g/mol. The highest BCUT2D eigenvalue weighted by atomic mass is 17.2. The molecule has 1 spiro atoms. The molecule has 10 nitrogen and oxygen atoms in total. The summed E-state index contributed by atoms with van der Waals surface area (Å²) in [5.74, 6) is 1.95. The van der Waals surface area contributed by atoms with Gasteiger partial charge in [0.2, 0.25) is 5.91 Å². The zero-order valence-corrected chi connectivity index (χ0v) is 21.4. The number of hydrogen-bond donors (Lipinski definition) is 0. The molecular formula is C27H33N5O5. The van der Waals surface area contributed by atoms with Gasteiger partial charge in [0.25, 0.3) is 0 Å². The van der Waals surface area contributed by atoms with Gasteiger partial charge in [0, 0.05) is 57.1 Å².